The lowest BCUT2D eigenvalue weighted by Gasteiger charge is -2.48. The minimum absolute atomic E-state index is 0.0433. The summed E-state index contributed by atoms with van der Waals surface area (Å²) in [6.45, 7) is 2.10. The number of rotatable bonds is 5. The number of hydrogen-bond acceptors (Lipinski definition) is 4. The smallest absolute Gasteiger partial charge is 0.241 e. The van der Waals surface area contributed by atoms with Crippen LogP contribution in [0.3, 0.4) is 0 Å². The van der Waals surface area contributed by atoms with Gasteiger partial charge in [-0.15, -0.1) is 0 Å². The molecule has 1 atom stereocenters. The average molecular weight is 375 g/mol. The van der Waals surface area contributed by atoms with Crippen molar-refractivity contribution in [1.82, 2.24) is 20.0 Å². The lowest BCUT2D eigenvalue weighted by molar-refractivity contribution is -0.139. The van der Waals surface area contributed by atoms with E-state index >= 15 is 0 Å². The van der Waals surface area contributed by atoms with E-state index in [0.29, 0.717) is 5.92 Å². The predicted molar refractivity (Wildman–Crippen MR) is 104 cm³/mol. The largest absolute Gasteiger partial charge is 0.393 e. The molecule has 4 rings (SSSR count). The number of nitrogens with zero attached hydrogens (tertiary/aromatic N) is 3. The molecule has 1 aromatic rings. The summed E-state index contributed by atoms with van der Waals surface area (Å²) < 4.78 is 1.80. The van der Waals surface area contributed by atoms with E-state index in [9.17, 15) is 9.90 Å². The zero-order chi connectivity index (χ0) is 18.9. The van der Waals surface area contributed by atoms with Gasteiger partial charge in [-0.3, -0.25) is 14.4 Å². The van der Waals surface area contributed by atoms with Crippen LogP contribution >= 0.6 is 0 Å². The van der Waals surface area contributed by atoms with Gasteiger partial charge in [0.15, 0.2) is 0 Å². The Hall–Kier alpha value is -1.40. The first kappa shape index (κ1) is 18.9. The molecule has 3 aliphatic rings. The van der Waals surface area contributed by atoms with Gasteiger partial charge in [0.05, 0.1) is 18.3 Å². The van der Waals surface area contributed by atoms with Crippen LogP contribution in [0.25, 0.3) is 0 Å². The van der Waals surface area contributed by atoms with E-state index < -0.39 is 0 Å². The molecule has 6 heteroatoms. The molecule has 0 radical (unpaired) electrons. The predicted octanol–water partition coefficient (Wildman–Crippen LogP) is 2.54. The summed E-state index contributed by atoms with van der Waals surface area (Å²) in [7, 11) is 1.91. The third-order valence-corrected chi connectivity index (χ3v) is 7.06. The number of hydrogen-bond donors (Lipinski definition) is 2. The Balaban J connectivity index is 1.55. The monoisotopic (exact) mass is 374 g/mol. The van der Waals surface area contributed by atoms with Crippen molar-refractivity contribution in [3.8, 4) is 0 Å². The highest BCUT2D eigenvalue weighted by molar-refractivity contribution is 5.87. The van der Waals surface area contributed by atoms with E-state index in [1.165, 1.54) is 25.7 Å². The van der Waals surface area contributed by atoms with Gasteiger partial charge in [-0.05, 0) is 57.5 Å². The second-order valence-corrected chi connectivity index (χ2v) is 8.92. The van der Waals surface area contributed by atoms with Crippen LogP contribution < -0.4 is 5.32 Å². The van der Waals surface area contributed by atoms with Crippen molar-refractivity contribution in [3.05, 3.63) is 18.0 Å². The SMILES string of the molecule is Cn1cc(C(NC(=O)C2(N3CCCCC3)CCCCC2)C2CC(O)C2)cn1. The van der Waals surface area contributed by atoms with Crippen LogP contribution in [0, 0.1) is 5.92 Å². The Bertz CT molecular complexity index is 640. The molecule has 2 N–H and O–H groups in total. The number of carbonyl (C=O) groups is 1. The van der Waals surface area contributed by atoms with Crippen LogP contribution in [-0.2, 0) is 11.8 Å². The summed E-state index contributed by atoms with van der Waals surface area (Å²) in [5.74, 6) is 0.509. The number of likely N-dealkylation sites (tertiary alicyclic amines) is 1. The van der Waals surface area contributed by atoms with Gasteiger partial charge in [-0.25, -0.2) is 0 Å². The normalized spacial score (nSPS) is 29.7. The molecule has 2 aliphatic carbocycles. The van der Waals surface area contributed by atoms with Crippen LogP contribution in [-0.4, -0.2) is 50.4 Å². The molecule has 1 saturated heterocycles. The van der Waals surface area contributed by atoms with E-state index in [2.05, 4.69) is 15.3 Å². The number of aromatic nitrogens is 2. The van der Waals surface area contributed by atoms with Gasteiger partial charge < -0.3 is 10.4 Å². The molecule has 0 bridgehead atoms. The highest BCUT2D eigenvalue weighted by Crippen LogP contribution is 2.40. The molecular formula is C21H34N4O2. The first-order valence-corrected chi connectivity index (χ1v) is 10.8. The molecule has 6 nitrogen and oxygen atoms in total. The lowest BCUT2D eigenvalue weighted by atomic mass is 9.74. The minimum atomic E-state index is -0.332. The highest BCUT2D eigenvalue weighted by atomic mass is 16.3. The zero-order valence-corrected chi connectivity index (χ0v) is 16.6. The third kappa shape index (κ3) is 3.79. The zero-order valence-electron chi connectivity index (χ0n) is 16.6. The molecule has 0 spiro atoms. The maximum absolute atomic E-state index is 13.7. The molecular weight excluding hydrogens is 340 g/mol. The maximum Gasteiger partial charge on any atom is 0.241 e. The van der Waals surface area contributed by atoms with E-state index in [1.54, 1.807) is 4.68 Å². The number of amides is 1. The Morgan fingerprint density at radius 2 is 1.85 bits per heavy atom. The minimum Gasteiger partial charge on any atom is -0.393 e. The molecule has 2 heterocycles. The van der Waals surface area contributed by atoms with Crippen molar-refractivity contribution in [1.29, 1.82) is 0 Å². The van der Waals surface area contributed by atoms with Crippen molar-refractivity contribution in [3.63, 3.8) is 0 Å². The highest BCUT2D eigenvalue weighted by Gasteiger charge is 2.47. The summed E-state index contributed by atoms with van der Waals surface area (Å²) in [5, 5.41) is 17.6. The quantitative estimate of drug-likeness (QED) is 0.831. The van der Waals surface area contributed by atoms with E-state index in [0.717, 1.165) is 57.2 Å². The number of piperidine rings is 1. The fourth-order valence-electron chi connectivity index (χ4n) is 5.40. The van der Waals surface area contributed by atoms with Crippen molar-refractivity contribution >= 4 is 5.91 Å². The number of carbonyl (C=O) groups excluding carboxylic acids is 1. The van der Waals surface area contributed by atoms with Crippen molar-refractivity contribution in [2.45, 2.75) is 81.9 Å². The van der Waals surface area contributed by atoms with Crippen LogP contribution in [0.1, 0.15) is 75.8 Å². The molecule has 1 aliphatic heterocycles. The Kier molecular flexibility index (Phi) is 5.55. The van der Waals surface area contributed by atoms with Gasteiger partial charge in [0.25, 0.3) is 0 Å². The van der Waals surface area contributed by atoms with Gasteiger partial charge in [-0.2, -0.15) is 5.10 Å². The summed E-state index contributed by atoms with van der Waals surface area (Å²) in [5.41, 5.74) is 0.731. The molecule has 1 amide bonds. The molecule has 3 fully saturated rings. The topological polar surface area (TPSA) is 70.4 Å². The molecule has 1 unspecified atom stereocenters. The number of nitrogens with one attached hydrogen (secondary N) is 1. The van der Waals surface area contributed by atoms with Crippen molar-refractivity contribution in [2.75, 3.05) is 13.1 Å². The fraction of sp³-hybridized carbons (Fsp3) is 0.810. The summed E-state index contributed by atoms with van der Waals surface area (Å²) >= 11 is 0. The Morgan fingerprint density at radius 3 is 2.44 bits per heavy atom. The summed E-state index contributed by atoms with van der Waals surface area (Å²) in [6, 6.07) is -0.0433. The molecule has 27 heavy (non-hydrogen) atoms. The first-order valence-electron chi connectivity index (χ1n) is 10.8. The molecule has 1 aromatic heterocycles. The summed E-state index contributed by atoms with van der Waals surface area (Å²) in [4.78, 5) is 16.2. The number of aliphatic hydroxyl groups excluding tert-OH is 1. The second kappa shape index (κ2) is 7.92. The fourth-order valence-corrected chi connectivity index (χ4v) is 5.40. The Morgan fingerprint density at radius 1 is 1.19 bits per heavy atom. The van der Waals surface area contributed by atoms with Gasteiger partial charge in [-0.1, -0.05) is 25.7 Å². The van der Waals surface area contributed by atoms with Crippen molar-refractivity contribution in [2.24, 2.45) is 13.0 Å². The van der Waals surface area contributed by atoms with Crippen LogP contribution in [0.4, 0.5) is 0 Å². The van der Waals surface area contributed by atoms with Crippen LogP contribution in [0.5, 0.6) is 0 Å². The van der Waals surface area contributed by atoms with Gasteiger partial charge in [0, 0.05) is 18.8 Å². The van der Waals surface area contributed by atoms with E-state index in [-0.39, 0.29) is 23.6 Å². The van der Waals surface area contributed by atoms with Crippen LogP contribution in [0.15, 0.2) is 12.4 Å². The molecule has 150 valence electrons. The van der Waals surface area contributed by atoms with Gasteiger partial charge in [0.1, 0.15) is 5.54 Å². The molecule has 2 saturated carbocycles. The summed E-state index contributed by atoms with van der Waals surface area (Å²) in [6.07, 6.45) is 14.3. The maximum atomic E-state index is 13.7. The van der Waals surface area contributed by atoms with Crippen molar-refractivity contribution < 1.29 is 9.90 Å². The number of aryl methyl sites for hydroxylation is 1. The number of aliphatic hydroxyl groups is 1. The molecule has 0 aromatic carbocycles. The second-order valence-electron chi connectivity index (χ2n) is 8.92. The van der Waals surface area contributed by atoms with Crippen LogP contribution in [0.2, 0.25) is 0 Å². The average Bonchev–Trinajstić information content (AvgIpc) is 3.11. The third-order valence-electron chi connectivity index (χ3n) is 7.06. The van der Waals surface area contributed by atoms with Gasteiger partial charge >= 0.3 is 0 Å². The van der Waals surface area contributed by atoms with E-state index in [1.807, 2.05) is 19.4 Å². The lowest BCUT2D eigenvalue weighted by Crippen LogP contribution is -2.62. The Labute approximate surface area is 162 Å². The van der Waals surface area contributed by atoms with Gasteiger partial charge in [0.2, 0.25) is 5.91 Å². The van der Waals surface area contributed by atoms with E-state index in [4.69, 9.17) is 0 Å². The first-order chi connectivity index (χ1) is 13.1. The standard InChI is InChI=1S/C21H34N4O2/c1-24-15-17(14-22-24)19(16-12-18(26)13-16)23-20(27)21(8-4-2-5-9-21)25-10-6-3-7-11-25/h14-16,18-19,26H,2-13H2,1H3,(H,23,27).